The summed E-state index contributed by atoms with van der Waals surface area (Å²) < 4.78 is 1.77. The van der Waals surface area contributed by atoms with Crippen molar-refractivity contribution in [1.29, 1.82) is 0 Å². The van der Waals surface area contributed by atoms with Crippen molar-refractivity contribution in [1.82, 2.24) is 9.66 Å². The maximum Gasteiger partial charge on any atom is 0.124 e. The van der Waals surface area contributed by atoms with Gasteiger partial charge in [0, 0.05) is 12.4 Å². The Morgan fingerprint density at radius 2 is 2.60 bits per heavy atom. The molecule has 0 aliphatic carbocycles. The van der Waals surface area contributed by atoms with Gasteiger partial charge in [-0.25, -0.2) is 4.98 Å². The largest absolute Gasteiger partial charge is 0.394 e. The molecule has 1 aromatic rings. The first-order valence-corrected chi connectivity index (χ1v) is 3.19. The number of imidazole rings is 1. The standard InChI is InChI=1S/C6H11N3O/c1-6-7-2-4-9(6)8-3-5-10/h2,4,8,10H,3,5H2,1H3. The van der Waals surface area contributed by atoms with Crippen LogP contribution >= 0.6 is 0 Å². The second kappa shape index (κ2) is 3.22. The highest BCUT2D eigenvalue weighted by molar-refractivity contribution is 4.91. The van der Waals surface area contributed by atoms with Crippen LogP contribution in [0.2, 0.25) is 0 Å². The molecular weight excluding hydrogens is 130 g/mol. The predicted octanol–water partition coefficient (Wildman–Crippen LogP) is -0.273. The number of nitrogens with one attached hydrogen (secondary N) is 1. The van der Waals surface area contributed by atoms with Gasteiger partial charge in [0.15, 0.2) is 0 Å². The molecule has 0 saturated heterocycles. The monoisotopic (exact) mass is 141 g/mol. The van der Waals surface area contributed by atoms with Gasteiger partial charge in [-0.05, 0) is 6.92 Å². The van der Waals surface area contributed by atoms with Crippen molar-refractivity contribution in [3.63, 3.8) is 0 Å². The first kappa shape index (κ1) is 7.08. The molecule has 0 aromatic carbocycles. The molecule has 0 spiro atoms. The van der Waals surface area contributed by atoms with Crippen molar-refractivity contribution in [2.45, 2.75) is 6.92 Å². The minimum Gasteiger partial charge on any atom is -0.394 e. The van der Waals surface area contributed by atoms with Gasteiger partial charge in [0.25, 0.3) is 0 Å². The molecule has 0 saturated carbocycles. The van der Waals surface area contributed by atoms with Crippen LogP contribution in [0.5, 0.6) is 0 Å². The smallest absolute Gasteiger partial charge is 0.124 e. The third-order valence-corrected chi connectivity index (χ3v) is 1.22. The Hall–Kier alpha value is -1.03. The van der Waals surface area contributed by atoms with Gasteiger partial charge in [0.2, 0.25) is 0 Å². The van der Waals surface area contributed by atoms with E-state index in [1.165, 1.54) is 0 Å². The average molecular weight is 141 g/mol. The van der Waals surface area contributed by atoms with Crippen LogP contribution in [0.25, 0.3) is 0 Å². The van der Waals surface area contributed by atoms with E-state index < -0.39 is 0 Å². The average Bonchev–Trinajstić information content (AvgIpc) is 2.31. The molecule has 0 atom stereocenters. The predicted molar refractivity (Wildman–Crippen MR) is 38.3 cm³/mol. The minimum atomic E-state index is 0.137. The quantitative estimate of drug-likeness (QED) is 0.609. The molecule has 56 valence electrons. The maximum absolute atomic E-state index is 8.46. The van der Waals surface area contributed by atoms with Gasteiger partial charge >= 0.3 is 0 Å². The minimum absolute atomic E-state index is 0.137. The van der Waals surface area contributed by atoms with E-state index in [2.05, 4.69) is 10.4 Å². The van der Waals surface area contributed by atoms with Crippen molar-refractivity contribution < 1.29 is 5.11 Å². The summed E-state index contributed by atoms with van der Waals surface area (Å²) in [4.78, 5) is 3.99. The highest BCUT2D eigenvalue weighted by Gasteiger charge is 1.91. The Balaban J connectivity index is 2.49. The van der Waals surface area contributed by atoms with Crippen LogP contribution < -0.4 is 5.43 Å². The lowest BCUT2D eigenvalue weighted by Crippen LogP contribution is -2.18. The normalized spacial score (nSPS) is 9.80. The molecule has 0 radical (unpaired) electrons. The Kier molecular flexibility index (Phi) is 2.28. The zero-order valence-electron chi connectivity index (χ0n) is 5.91. The lowest BCUT2D eigenvalue weighted by atomic mass is 10.7. The Morgan fingerprint density at radius 3 is 3.10 bits per heavy atom. The number of nitrogens with zero attached hydrogens (tertiary/aromatic N) is 2. The second-order valence-corrected chi connectivity index (χ2v) is 1.98. The molecule has 1 heterocycles. The number of hydrogen-bond acceptors (Lipinski definition) is 3. The number of aromatic nitrogens is 2. The summed E-state index contributed by atoms with van der Waals surface area (Å²) in [6, 6.07) is 0. The summed E-state index contributed by atoms with van der Waals surface area (Å²) in [5, 5.41) is 8.46. The summed E-state index contributed by atoms with van der Waals surface area (Å²) in [5.74, 6) is 0.897. The van der Waals surface area contributed by atoms with Crippen molar-refractivity contribution in [3.05, 3.63) is 18.2 Å². The van der Waals surface area contributed by atoms with E-state index in [1.807, 2.05) is 13.1 Å². The SMILES string of the molecule is Cc1nccn1NCCO. The Morgan fingerprint density at radius 1 is 1.80 bits per heavy atom. The molecule has 0 unspecified atom stereocenters. The Bertz CT molecular complexity index is 197. The third kappa shape index (κ3) is 1.48. The zero-order valence-corrected chi connectivity index (χ0v) is 5.91. The zero-order chi connectivity index (χ0) is 7.40. The van der Waals surface area contributed by atoms with Crippen LogP contribution in [-0.2, 0) is 0 Å². The van der Waals surface area contributed by atoms with Crippen LogP contribution in [-0.4, -0.2) is 27.9 Å². The lowest BCUT2D eigenvalue weighted by Gasteiger charge is -2.05. The summed E-state index contributed by atoms with van der Waals surface area (Å²) in [7, 11) is 0. The van der Waals surface area contributed by atoms with Gasteiger partial charge in [-0.15, -0.1) is 0 Å². The van der Waals surface area contributed by atoms with Crippen LogP contribution in [0, 0.1) is 6.92 Å². The third-order valence-electron chi connectivity index (χ3n) is 1.22. The first-order chi connectivity index (χ1) is 4.84. The number of rotatable bonds is 3. The van der Waals surface area contributed by atoms with E-state index in [9.17, 15) is 0 Å². The van der Waals surface area contributed by atoms with E-state index in [0.29, 0.717) is 6.54 Å². The van der Waals surface area contributed by atoms with Gasteiger partial charge in [-0.1, -0.05) is 0 Å². The van der Waals surface area contributed by atoms with E-state index in [0.717, 1.165) is 5.82 Å². The van der Waals surface area contributed by atoms with Crippen LogP contribution in [0.4, 0.5) is 0 Å². The number of hydrogen-bond donors (Lipinski definition) is 2. The molecule has 1 rings (SSSR count). The number of aliphatic hydroxyl groups is 1. The van der Waals surface area contributed by atoms with Crippen molar-refractivity contribution in [2.24, 2.45) is 0 Å². The highest BCUT2D eigenvalue weighted by Crippen LogP contribution is 1.88. The van der Waals surface area contributed by atoms with Crippen LogP contribution in [0.15, 0.2) is 12.4 Å². The topological polar surface area (TPSA) is 50.1 Å². The molecular formula is C6H11N3O. The van der Waals surface area contributed by atoms with Gasteiger partial charge in [-0.3, -0.25) is 4.68 Å². The van der Waals surface area contributed by atoms with Crippen molar-refractivity contribution in [2.75, 3.05) is 18.6 Å². The highest BCUT2D eigenvalue weighted by atomic mass is 16.3. The van der Waals surface area contributed by atoms with E-state index in [4.69, 9.17) is 5.11 Å². The molecule has 1 aromatic heterocycles. The van der Waals surface area contributed by atoms with Crippen LogP contribution in [0.1, 0.15) is 5.82 Å². The van der Waals surface area contributed by atoms with E-state index >= 15 is 0 Å². The summed E-state index contributed by atoms with van der Waals surface area (Å²) in [6.45, 7) is 2.58. The fourth-order valence-corrected chi connectivity index (χ4v) is 0.716. The van der Waals surface area contributed by atoms with Gasteiger partial charge in [0.1, 0.15) is 5.82 Å². The van der Waals surface area contributed by atoms with E-state index in [1.54, 1.807) is 10.9 Å². The van der Waals surface area contributed by atoms with E-state index in [-0.39, 0.29) is 6.61 Å². The summed E-state index contributed by atoms with van der Waals surface area (Å²) in [6.07, 6.45) is 3.52. The van der Waals surface area contributed by atoms with Crippen molar-refractivity contribution >= 4 is 0 Å². The molecule has 0 bridgehead atoms. The first-order valence-electron chi connectivity index (χ1n) is 3.19. The number of aliphatic hydroxyl groups excluding tert-OH is 1. The fourth-order valence-electron chi connectivity index (χ4n) is 0.716. The molecule has 0 aliphatic rings. The summed E-state index contributed by atoms with van der Waals surface area (Å²) in [5.41, 5.74) is 2.95. The van der Waals surface area contributed by atoms with Crippen molar-refractivity contribution in [3.8, 4) is 0 Å². The van der Waals surface area contributed by atoms with Gasteiger partial charge < -0.3 is 10.5 Å². The fraction of sp³-hybridized carbons (Fsp3) is 0.500. The second-order valence-electron chi connectivity index (χ2n) is 1.98. The maximum atomic E-state index is 8.46. The summed E-state index contributed by atoms with van der Waals surface area (Å²) >= 11 is 0. The Labute approximate surface area is 59.5 Å². The van der Waals surface area contributed by atoms with Gasteiger partial charge in [0.05, 0.1) is 13.2 Å². The molecule has 10 heavy (non-hydrogen) atoms. The lowest BCUT2D eigenvalue weighted by molar-refractivity contribution is 0.306. The van der Waals surface area contributed by atoms with Crippen LogP contribution in [0.3, 0.4) is 0 Å². The molecule has 0 fully saturated rings. The molecule has 2 N–H and O–H groups in total. The molecule has 0 amide bonds. The molecule has 0 aliphatic heterocycles. The number of aryl methyl sites for hydroxylation is 1. The molecule has 4 heteroatoms. The molecule has 4 nitrogen and oxygen atoms in total. The van der Waals surface area contributed by atoms with Gasteiger partial charge in [-0.2, -0.15) is 0 Å².